The van der Waals surface area contributed by atoms with Crippen molar-refractivity contribution in [2.24, 2.45) is 4.99 Å². The van der Waals surface area contributed by atoms with Crippen molar-refractivity contribution in [1.82, 2.24) is 10.6 Å². The number of benzene rings is 2. The molecular formula is C21H28FN3O4. The number of guanidine groups is 1. The number of ether oxygens (including phenoxy) is 4. The molecule has 2 rings (SSSR count). The molecule has 1 unspecified atom stereocenters. The topological polar surface area (TPSA) is 73.3 Å². The molecule has 8 heteroatoms. The Balaban J connectivity index is 1.94. The molecule has 7 nitrogen and oxygen atoms in total. The highest BCUT2D eigenvalue weighted by Crippen LogP contribution is 2.34. The van der Waals surface area contributed by atoms with Crippen LogP contribution in [-0.2, 0) is 6.54 Å². The van der Waals surface area contributed by atoms with Crippen LogP contribution in [0.2, 0.25) is 0 Å². The zero-order valence-electron chi connectivity index (χ0n) is 17.4. The molecule has 0 bridgehead atoms. The van der Waals surface area contributed by atoms with E-state index in [0.29, 0.717) is 36.3 Å². The van der Waals surface area contributed by atoms with Crippen LogP contribution in [0.3, 0.4) is 0 Å². The number of para-hydroxylation sites is 1. The lowest BCUT2D eigenvalue weighted by molar-refractivity contribution is 0.214. The number of hydrogen-bond donors (Lipinski definition) is 2. The molecular weight excluding hydrogens is 377 g/mol. The van der Waals surface area contributed by atoms with E-state index in [0.717, 1.165) is 5.56 Å². The molecule has 2 N–H and O–H groups in total. The van der Waals surface area contributed by atoms with E-state index >= 15 is 0 Å². The summed E-state index contributed by atoms with van der Waals surface area (Å²) >= 11 is 0. The van der Waals surface area contributed by atoms with Gasteiger partial charge in [0.2, 0.25) is 0 Å². The third kappa shape index (κ3) is 6.17. The monoisotopic (exact) mass is 405 g/mol. The molecule has 1 atom stereocenters. The van der Waals surface area contributed by atoms with Crippen molar-refractivity contribution in [2.45, 2.75) is 19.6 Å². The fourth-order valence-corrected chi connectivity index (χ4v) is 2.67. The molecule has 0 aliphatic carbocycles. The van der Waals surface area contributed by atoms with Gasteiger partial charge in [-0.25, -0.2) is 4.39 Å². The van der Waals surface area contributed by atoms with Crippen molar-refractivity contribution < 1.29 is 23.3 Å². The first-order chi connectivity index (χ1) is 14.0. The smallest absolute Gasteiger partial charge is 0.191 e. The Bertz CT molecular complexity index is 830. The van der Waals surface area contributed by atoms with Gasteiger partial charge in [-0.15, -0.1) is 0 Å². The molecule has 0 aliphatic heterocycles. The predicted molar refractivity (Wildman–Crippen MR) is 111 cm³/mol. The van der Waals surface area contributed by atoms with Gasteiger partial charge >= 0.3 is 0 Å². The van der Waals surface area contributed by atoms with Gasteiger partial charge in [-0.1, -0.05) is 12.1 Å². The number of methoxy groups -OCH3 is 3. The maximum Gasteiger partial charge on any atom is 0.191 e. The lowest BCUT2D eigenvalue weighted by Crippen LogP contribution is -2.41. The maximum absolute atomic E-state index is 13.7. The van der Waals surface area contributed by atoms with Crippen LogP contribution in [0, 0.1) is 5.82 Å². The van der Waals surface area contributed by atoms with Crippen LogP contribution in [0.4, 0.5) is 4.39 Å². The van der Waals surface area contributed by atoms with E-state index in [1.165, 1.54) is 6.07 Å². The first-order valence-corrected chi connectivity index (χ1v) is 9.17. The van der Waals surface area contributed by atoms with E-state index < -0.39 is 0 Å². The van der Waals surface area contributed by atoms with Gasteiger partial charge in [0.25, 0.3) is 0 Å². The number of nitrogens with zero attached hydrogens (tertiary/aromatic N) is 1. The number of halogens is 1. The second kappa shape index (κ2) is 11.0. The van der Waals surface area contributed by atoms with Crippen LogP contribution in [0.1, 0.15) is 12.5 Å². The molecule has 0 heterocycles. The standard InChI is InChI=1S/C21H28FN3O4/c1-14(29-17-9-7-6-8-16(17)22)12-24-21(23-2)25-13-15-10-19(27-4)20(28-5)11-18(15)26-3/h6-11,14H,12-13H2,1-5H3,(H2,23,24,25). The largest absolute Gasteiger partial charge is 0.496 e. The van der Waals surface area contributed by atoms with Gasteiger partial charge in [-0.3, -0.25) is 4.99 Å². The van der Waals surface area contributed by atoms with E-state index in [2.05, 4.69) is 15.6 Å². The summed E-state index contributed by atoms with van der Waals surface area (Å²) < 4.78 is 35.4. The van der Waals surface area contributed by atoms with Crippen LogP contribution in [0.25, 0.3) is 0 Å². The zero-order chi connectivity index (χ0) is 21.2. The molecule has 0 radical (unpaired) electrons. The third-order valence-corrected chi connectivity index (χ3v) is 4.18. The van der Waals surface area contributed by atoms with Gasteiger partial charge in [0.1, 0.15) is 11.9 Å². The quantitative estimate of drug-likeness (QED) is 0.494. The Morgan fingerprint density at radius 3 is 2.24 bits per heavy atom. The Morgan fingerprint density at radius 1 is 0.966 bits per heavy atom. The van der Waals surface area contributed by atoms with Crippen LogP contribution >= 0.6 is 0 Å². The van der Waals surface area contributed by atoms with E-state index in [9.17, 15) is 4.39 Å². The second-order valence-electron chi connectivity index (χ2n) is 6.18. The molecule has 0 amide bonds. The molecule has 2 aromatic rings. The first-order valence-electron chi connectivity index (χ1n) is 9.17. The molecule has 0 fully saturated rings. The average Bonchev–Trinajstić information content (AvgIpc) is 2.74. The summed E-state index contributed by atoms with van der Waals surface area (Å²) in [4.78, 5) is 4.20. The second-order valence-corrected chi connectivity index (χ2v) is 6.18. The third-order valence-electron chi connectivity index (χ3n) is 4.18. The molecule has 0 spiro atoms. The van der Waals surface area contributed by atoms with E-state index in [4.69, 9.17) is 18.9 Å². The lowest BCUT2D eigenvalue weighted by atomic mass is 10.1. The lowest BCUT2D eigenvalue weighted by Gasteiger charge is -2.19. The maximum atomic E-state index is 13.7. The van der Waals surface area contributed by atoms with Gasteiger partial charge in [0.05, 0.1) is 27.9 Å². The van der Waals surface area contributed by atoms with Crippen molar-refractivity contribution in [3.8, 4) is 23.0 Å². The van der Waals surface area contributed by atoms with Crippen LogP contribution in [-0.4, -0.2) is 47.0 Å². The fraction of sp³-hybridized carbons (Fsp3) is 0.381. The van der Waals surface area contributed by atoms with E-state index in [-0.39, 0.29) is 17.7 Å². The Kier molecular flexibility index (Phi) is 8.39. The van der Waals surface area contributed by atoms with Crippen molar-refractivity contribution in [1.29, 1.82) is 0 Å². The Morgan fingerprint density at radius 2 is 1.62 bits per heavy atom. The van der Waals surface area contributed by atoms with Gasteiger partial charge in [-0.05, 0) is 25.1 Å². The summed E-state index contributed by atoms with van der Waals surface area (Å²) in [5, 5.41) is 6.38. The SMILES string of the molecule is CN=C(NCc1cc(OC)c(OC)cc1OC)NCC(C)Oc1ccccc1F. The molecule has 29 heavy (non-hydrogen) atoms. The minimum Gasteiger partial charge on any atom is -0.496 e. The number of aliphatic imine (C=N–C) groups is 1. The summed E-state index contributed by atoms with van der Waals surface area (Å²) in [6.45, 7) is 2.74. The number of rotatable bonds is 9. The number of hydrogen-bond acceptors (Lipinski definition) is 5. The van der Waals surface area contributed by atoms with E-state index in [1.807, 2.05) is 13.0 Å². The fourth-order valence-electron chi connectivity index (χ4n) is 2.67. The van der Waals surface area contributed by atoms with E-state index in [1.54, 1.807) is 52.6 Å². The van der Waals surface area contributed by atoms with Gasteiger partial charge in [0.15, 0.2) is 29.0 Å². The summed E-state index contributed by atoms with van der Waals surface area (Å²) in [6, 6.07) is 9.95. The summed E-state index contributed by atoms with van der Waals surface area (Å²) in [5.74, 6) is 2.28. The zero-order valence-corrected chi connectivity index (χ0v) is 17.4. The molecule has 158 valence electrons. The van der Waals surface area contributed by atoms with Gasteiger partial charge in [-0.2, -0.15) is 0 Å². The summed E-state index contributed by atoms with van der Waals surface area (Å²) in [6.07, 6.45) is -0.263. The highest BCUT2D eigenvalue weighted by molar-refractivity contribution is 5.79. The molecule has 0 aliphatic rings. The minimum atomic E-state index is -0.387. The molecule has 0 aromatic heterocycles. The normalized spacial score (nSPS) is 12.1. The van der Waals surface area contributed by atoms with Crippen molar-refractivity contribution in [3.05, 3.63) is 47.8 Å². The highest BCUT2D eigenvalue weighted by atomic mass is 19.1. The Labute approximate surface area is 170 Å². The first kappa shape index (κ1) is 22.1. The Hall–Kier alpha value is -3.16. The molecule has 0 saturated carbocycles. The van der Waals surface area contributed by atoms with Crippen molar-refractivity contribution >= 4 is 5.96 Å². The minimum absolute atomic E-state index is 0.222. The van der Waals surface area contributed by atoms with Crippen LogP contribution in [0.15, 0.2) is 41.4 Å². The van der Waals surface area contributed by atoms with Crippen molar-refractivity contribution in [2.75, 3.05) is 34.9 Å². The van der Waals surface area contributed by atoms with Gasteiger partial charge < -0.3 is 29.6 Å². The molecule has 0 saturated heterocycles. The molecule has 2 aromatic carbocycles. The van der Waals surface area contributed by atoms with Crippen LogP contribution in [0.5, 0.6) is 23.0 Å². The van der Waals surface area contributed by atoms with Crippen molar-refractivity contribution in [3.63, 3.8) is 0 Å². The number of nitrogens with one attached hydrogen (secondary N) is 2. The van der Waals surface area contributed by atoms with Gasteiger partial charge in [0, 0.05) is 25.2 Å². The predicted octanol–water partition coefficient (Wildman–Crippen LogP) is 2.98. The highest BCUT2D eigenvalue weighted by Gasteiger charge is 2.13. The summed E-state index contributed by atoms with van der Waals surface area (Å²) in [5.41, 5.74) is 0.878. The summed E-state index contributed by atoms with van der Waals surface area (Å²) in [7, 11) is 6.42. The average molecular weight is 405 g/mol. The van der Waals surface area contributed by atoms with Crippen LogP contribution < -0.4 is 29.6 Å².